The Kier molecular flexibility index (Phi) is 5.77. The van der Waals surface area contributed by atoms with Crippen molar-refractivity contribution in [2.75, 3.05) is 13.6 Å². The van der Waals surface area contributed by atoms with Crippen LogP contribution in [0.5, 0.6) is 0 Å². The fourth-order valence-electron chi connectivity index (χ4n) is 1.26. The van der Waals surface area contributed by atoms with E-state index in [0.29, 0.717) is 10.0 Å². The van der Waals surface area contributed by atoms with Crippen molar-refractivity contribution < 1.29 is 0 Å². The number of rotatable bonds is 5. The Morgan fingerprint density at radius 2 is 2.07 bits per heavy atom. The number of hydrogen-bond acceptors (Lipinski definition) is 1. The maximum Gasteiger partial charge on any atom is 0.0627 e. The number of hydrogen-bond donors (Lipinski definition) is 1. The van der Waals surface area contributed by atoms with Crippen molar-refractivity contribution >= 4 is 23.2 Å². The lowest BCUT2D eigenvalue weighted by Gasteiger charge is -2.02. The normalized spacial score (nSPS) is 11.1. The van der Waals surface area contributed by atoms with Crippen LogP contribution in [0.4, 0.5) is 0 Å². The van der Waals surface area contributed by atoms with Gasteiger partial charge >= 0.3 is 0 Å². The summed E-state index contributed by atoms with van der Waals surface area (Å²) in [7, 11) is 1.95. The first kappa shape index (κ1) is 12.6. The molecule has 0 amide bonds. The summed E-state index contributed by atoms with van der Waals surface area (Å²) in [5.74, 6) is 0. The summed E-state index contributed by atoms with van der Waals surface area (Å²) in [6.45, 7) is 1.000. The predicted octanol–water partition coefficient (Wildman–Crippen LogP) is 3.70. The number of allylic oxidation sites excluding steroid dienone is 1. The minimum Gasteiger partial charge on any atom is -0.319 e. The van der Waals surface area contributed by atoms with E-state index in [2.05, 4.69) is 17.5 Å². The number of halogens is 2. The highest BCUT2D eigenvalue weighted by Crippen LogP contribution is 2.25. The SMILES string of the molecule is CNCC/C=C/Cc1cccc(Cl)c1Cl. The van der Waals surface area contributed by atoms with Gasteiger partial charge in [0.1, 0.15) is 0 Å². The third-order valence-corrected chi connectivity index (χ3v) is 2.96. The molecule has 0 saturated carbocycles. The van der Waals surface area contributed by atoms with Gasteiger partial charge < -0.3 is 5.32 Å². The molecule has 0 heterocycles. The molecule has 15 heavy (non-hydrogen) atoms. The number of benzene rings is 1. The van der Waals surface area contributed by atoms with Crippen LogP contribution in [-0.2, 0) is 6.42 Å². The fourth-order valence-corrected chi connectivity index (χ4v) is 1.66. The first-order valence-electron chi connectivity index (χ1n) is 4.98. The standard InChI is InChI=1S/C12H15Cl2N/c1-15-9-4-2-3-6-10-7-5-8-11(13)12(10)14/h2-3,5,7-8,15H,4,6,9H2,1H3/b3-2+. The molecule has 0 bridgehead atoms. The van der Waals surface area contributed by atoms with E-state index in [1.165, 1.54) is 0 Å². The maximum atomic E-state index is 6.06. The zero-order valence-corrected chi connectivity index (χ0v) is 10.3. The van der Waals surface area contributed by atoms with Crippen molar-refractivity contribution in [2.45, 2.75) is 12.8 Å². The minimum absolute atomic E-state index is 0.623. The Balaban J connectivity index is 2.50. The second-order valence-corrected chi connectivity index (χ2v) is 4.07. The molecule has 0 spiro atoms. The molecule has 0 aliphatic carbocycles. The summed E-state index contributed by atoms with van der Waals surface area (Å²) in [4.78, 5) is 0. The molecular weight excluding hydrogens is 229 g/mol. The molecule has 0 saturated heterocycles. The summed E-state index contributed by atoms with van der Waals surface area (Å²) in [6, 6.07) is 5.72. The van der Waals surface area contributed by atoms with Gasteiger partial charge in [-0.15, -0.1) is 0 Å². The molecule has 0 aliphatic heterocycles. The minimum atomic E-state index is 0.623. The molecule has 1 aromatic rings. The Morgan fingerprint density at radius 1 is 1.27 bits per heavy atom. The summed E-state index contributed by atoms with van der Waals surface area (Å²) < 4.78 is 0. The Labute approximate surface area is 101 Å². The smallest absolute Gasteiger partial charge is 0.0627 e. The van der Waals surface area contributed by atoms with E-state index in [1.807, 2.05) is 19.2 Å². The summed E-state index contributed by atoms with van der Waals surface area (Å²) in [5.41, 5.74) is 1.07. The van der Waals surface area contributed by atoms with Gasteiger partial charge in [-0.2, -0.15) is 0 Å². The maximum absolute atomic E-state index is 6.06. The van der Waals surface area contributed by atoms with E-state index in [-0.39, 0.29) is 0 Å². The van der Waals surface area contributed by atoms with Crippen molar-refractivity contribution in [3.8, 4) is 0 Å². The van der Waals surface area contributed by atoms with E-state index in [0.717, 1.165) is 24.9 Å². The second kappa shape index (κ2) is 6.89. The van der Waals surface area contributed by atoms with Gasteiger partial charge in [-0.3, -0.25) is 0 Å². The van der Waals surface area contributed by atoms with E-state index in [9.17, 15) is 0 Å². The van der Waals surface area contributed by atoms with Crippen LogP contribution in [0.25, 0.3) is 0 Å². The highest BCUT2D eigenvalue weighted by atomic mass is 35.5. The lowest BCUT2D eigenvalue weighted by atomic mass is 10.1. The molecule has 0 atom stereocenters. The zero-order valence-electron chi connectivity index (χ0n) is 8.76. The van der Waals surface area contributed by atoms with Gasteiger partial charge in [0, 0.05) is 0 Å². The van der Waals surface area contributed by atoms with Crippen molar-refractivity contribution in [3.05, 3.63) is 46.0 Å². The van der Waals surface area contributed by atoms with Gasteiger partial charge in [-0.05, 0) is 38.1 Å². The first-order valence-corrected chi connectivity index (χ1v) is 5.73. The quantitative estimate of drug-likeness (QED) is 0.615. The first-order chi connectivity index (χ1) is 7.25. The molecule has 0 fully saturated rings. The van der Waals surface area contributed by atoms with Crippen LogP contribution in [0.2, 0.25) is 10.0 Å². The molecule has 1 nitrogen and oxygen atoms in total. The average Bonchev–Trinajstić information content (AvgIpc) is 2.24. The molecule has 3 heteroatoms. The van der Waals surface area contributed by atoms with Gasteiger partial charge in [-0.25, -0.2) is 0 Å². The van der Waals surface area contributed by atoms with Crippen molar-refractivity contribution in [1.82, 2.24) is 5.32 Å². The Bertz CT molecular complexity index is 334. The van der Waals surface area contributed by atoms with Crippen LogP contribution in [0, 0.1) is 0 Å². The van der Waals surface area contributed by atoms with Gasteiger partial charge in [0.2, 0.25) is 0 Å². The van der Waals surface area contributed by atoms with Crippen LogP contribution in [0.1, 0.15) is 12.0 Å². The molecular formula is C12H15Cl2N. The van der Waals surface area contributed by atoms with E-state index in [4.69, 9.17) is 23.2 Å². The van der Waals surface area contributed by atoms with Crippen LogP contribution in [-0.4, -0.2) is 13.6 Å². The second-order valence-electron chi connectivity index (χ2n) is 3.28. The van der Waals surface area contributed by atoms with E-state index >= 15 is 0 Å². The van der Waals surface area contributed by atoms with Crippen molar-refractivity contribution in [3.63, 3.8) is 0 Å². The molecule has 82 valence electrons. The Hall–Kier alpha value is -0.500. The van der Waals surface area contributed by atoms with Crippen LogP contribution in [0.3, 0.4) is 0 Å². The van der Waals surface area contributed by atoms with Crippen LogP contribution in [0.15, 0.2) is 30.4 Å². The fraction of sp³-hybridized carbons (Fsp3) is 0.333. The van der Waals surface area contributed by atoms with Gasteiger partial charge in [0.25, 0.3) is 0 Å². The van der Waals surface area contributed by atoms with Gasteiger partial charge in [0.05, 0.1) is 10.0 Å². The lowest BCUT2D eigenvalue weighted by molar-refractivity contribution is 0.806. The van der Waals surface area contributed by atoms with Gasteiger partial charge in [0.15, 0.2) is 0 Å². The van der Waals surface area contributed by atoms with Crippen molar-refractivity contribution in [1.29, 1.82) is 0 Å². The van der Waals surface area contributed by atoms with Crippen molar-refractivity contribution in [2.24, 2.45) is 0 Å². The number of nitrogens with one attached hydrogen (secondary N) is 1. The molecule has 0 unspecified atom stereocenters. The average molecular weight is 244 g/mol. The third-order valence-electron chi connectivity index (χ3n) is 2.10. The molecule has 1 aromatic carbocycles. The Morgan fingerprint density at radius 3 is 2.80 bits per heavy atom. The summed E-state index contributed by atoms with van der Waals surface area (Å²) >= 11 is 12.0. The summed E-state index contributed by atoms with van der Waals surface area (Å²) in [6.07, 6.45) is 6.14. The molecule has 0 aliphatic rings. The molecule has 0 radical (unpaired) electrons. The molecule has 1 rings (SSSR count). The molecule has 0 aromatic heterocycles. The zero-order chi connectivity index (χ0) is 11.1. The van der Waals surface area contributed by atoms with Crippen LogP contribution < -0.4 is 5.32 Å². The highest BCUT2D eigenvalue weighted by Gasteiger charge is 2.01. The monoisotopic (exact) mass is 243 g/mol. The highest BCUT2D eigenvalue weighted by molar-refractivity contribution is 6.42. The largest absolute Gasteiger partial charge is 0.319 e. The van der Waals surface area contributed by atoms with Gasteiger partial charge in [-0.1, -0.05) is 47.5 Å². The molecule has 1 N–H and O–H groups in total. The van der Waals surface area contributed by atoms with E-state index in [1.54, 1.807) is 6.07 Å². The predicted molar refractivity (Wildman–Crippen MR) is 67.8 cm³/mol. The summed E-state index contributed by atoms with van der Waals surface area (Å²) in [5, 5.41) is 4.38. The van der Waals surface area contributed by atoms with Crippen LogP contribution >= 0.6 is 23.2 Å². The third kappa shape index (κ3) is 4.25. The topological polar surface area (TPSA) is 12.0 Å². The van der Waals surface area contributed by atoms with E-state index < -0.39 is 0 Å². The lowest BCUT2D eigenvalue weighted by Crippen LogP contribution is -2.05.